The summed E-state index contributed by atoms with van der Waals surface area (Å²) in [4.78, 5) is 28.9. The number of nitrogens with one attached hydrogen (secondary N) is 4. The fourth-order valence-electron chi connectivity index (χ4n) is 3.20. The summed E-state index contributed by atoms with van der Waals surface area (Å²) in [5.41, 5.74) is -2.77. The first kappa shape index (κ1) is 25.9. The molecule has 35 heavy (non-hydrogen) atoms. The van der Waals surface area contributed by atoms with Crippen LogP contribution in [-0.4, -0.2) is 39.1 Å². The molecule has 0 atom stereocenters. The highest BCUT2D eigenvalue weighted by Crippen LogP contribution is 2.41. The van der Waals surface area contributed by atoms with E-state index >= 15 is 0 Å². The summed E-state index contributed by atoms with van der Waals surface area (Å²) in [7, 11) is 0. The third-order valence-electron chi connectivity index (χ3n) is 4.84. The number of likely N-dealkylation sites (N-methyl/N-ethyl adjacent to an activating group) is 1. The minimum absolute atomic E-state index is 0.0361. The summed E-state index contributed by atoms with van der Waals surface area (Å²) in [6, 6.07) is 0.919. The summed E-state index contributed by atoms with van der Waals surface area (Å²) in [5.74, 6) is -2.34. The zero-order valence-electron chi connectivity index (χ0n) is 19.0. The van der Waals surface area contributed by atoms with E-state index in [0.717, 1.165) is 23.5 Å². The highest BCUT2D eigenvalue weighted by molar-refractivity contribution is 7.23. The van der Waals surface area contributed by atoms with Crippen LogP contribution in [0.15, 0.2) is 48.6 Å². The number of aromatic amines is 1. The molecular formula is C22H22F4N6O2S. The number of alkyl halides is 3. The zero-order valence-corrected chi connectivity index (χ0v) is 19.8. The second-order valence-electron chi connectivity index (χ2n) is 8.00. The van der Waals surface area contributed by atoms with Crippen molar-refractivity contribution in [3.05, 3.63) is 54.2 Å². The zero-order chi connectivity index (χ0) is 26.1. The van der Waals surface area contributed by atoms with E-state index in [0.29, 0.717) is 5.39 Å². The molecule has 8 nitrogen and oxygen atoms in total. The molecule has 0 saturated carbocycles. The average Bonchev–Trinajstić information content (AvgIpc) is 3.36. The lowest BCUT2D eigenvalue weighted by Crippen LogP contribution is -2.49. The van der Waals surface area contributed by atoms with E-state index in [9.17, 15) is 27.2 Å². The number of H-pyrrole nitrogens is 1. The molecule has 1 aromatic carbocycles. The predicted octanol–water partition coefficient (Wildman–Crippen LogP) is 4.56. The van der Waals surface area contributed by atoms with Gasteiger partial charge in [-0.1, -0.05) is 24.5 Å². The van der Waals surface area contributed by atoms with Crippen LogP contribution in [0.5, 0.6) is 0 Å². The quantitative estimate of drug-likeness (QED) is 0.202. The summed E-state index contributed by atoms with van der Waals surface area (Å²) in [6.07, 6.45) is -2.18. The molecule has 0 aliphatic heterocycles. The Morgan fingerprint density at radius 3 is 2.54 bits per heavy atom. The molecule has 2 heterocycles. The molecule has 186 valence electrons. The van der Waals surface area contributed by atoms with E-state index < -0.39 is 34.9 Å². The Morgan fingerprint density at radius 1 is 1.26 bits per heavy atom. The highest BCUT2D eigenvalue weighted by Gasteiger charge is 2.36. The Morgan fingerprint density at radius 2 is 1.94 bits per heavy atom. The largest absolute Gasteiger partial charge is 0.418 e. The Kier molecular flexibility index (Phi) is 7.01. The molecule has 0 aliphatic carbocycles. The number of carbonyl (C=O) groups excluding carboxylic acids is 2. The van der Waals surface area contributed by atoms with Gasteiger partial charge in [0.2, 0.25) is 0 Å². The molecule has 0 saturated heterocycles. The number of hydrogen-bond acceptors (Lipinski definition) is 6. The Balaban J connectivity index is 1.86. The second kappa shape index (κ2) is 9.49. The highest BCUT2D eigenvalue weighted by atomic mass is 32.1. The lowest BCUT2D eigenvalue weighted by atomic mass is 10.0. The van der Waals surface area contributed by atoms with E-state index in [1.165, 1.54) is 20.0 Å². The van der Waals surface area contributed by atoms with Crippen LogP contribution in [0.2, 0.25) is 0 Å². The van der Waals surface area contributed by atoms with Crippen molar-refractivity contribution in [2.45, 2.75) is 32.5 Å². The number of hydrogen-bond donors (Lipinski definition) is 4. The van der Waals surface area contributed by atoms with Gasteiger partial charge in [-0.3, -0.25) is 20.0 Å². The van der Waals surface area contributed by atoms with Gasteiger partial charge in [0.25, 0.3) is 11.8 Å². The second-order valence-corrected chi connectivity index (χ2v) is 9.00. The van der Waals surface area contributed by atoms with Crippen molar-refractivity contribution in [1.29, 1.82) is 0 Å². The van der Waals surface area contributed by atoms with Crippen LogP contribution in [-0.2, 0) is 15.8 Å². The Labute approximate surface area is 201 Å². The summed E-state index contributed by atoms with van der Waals surface area (Å²) in [6.45, 7) is 11.7. The molecule has 3 rings (SSSR count). The molecule has 0 unspecified atom stereocenters. The number of allylic oxidation sites excluding steroid dienone is 1. The van der Waals surface area contributed by atoms with E-state index in [4.69, 9.17) is 0 Å². The monoisotopic (exact) mass is 510 g/mol. The van der Waals surface area contributed by atoms with Gasteiger partial charge in [-0.15, -0.1) is 0 Å². The van der Waals surface area contributed by atoms with Crippen LogP contribution < -0.4 is 16.0 Å². The number of thiazole rings is 1. The van der Waals surface area contributed by atoms with Gasteiger partial charge in [0.15, 0.2) is 5.13 Å². The number of carbonyl (C=O) groups is 2. The van der Waals surface area contributed by atoms with Gasteiger partial charge in [-0.25, -0.2) is 9.37 Å². The molecule has 13 heteroatoms. The summed E-state index contributed by atoms with van der Waals surface area (Å²) >= 11 is 0.870. The summed E-state index contributed by atoms with van der Waals surface area (Å²) in [5, 5.41) is 14.4. The number of amides is 2. The minimum atomic E-state index is -4.67. The number of aromatic nitrogens is 3. The van der Waals surface area contributed by atoms with Gasteiger partial charge in [0.05, 0.1) is 33.1 Å². The van der Waals surface area contributed by atoms with Crippen LogP contribution in [0.4, 0.5) is 22.7 Å². The molecular weight excluding hydrogens is 488 g/mol. The average molecular weight is 511 g/mol. The first-order valence-electron chi connectivity index (χ1n) is 10.2. The standard InChI is InChI=1S/C22H22F4N6O2S/c1-6-27-18(33)12(11(3)23)7-10(2)31-21(4,5)19(34)30-20-29-16-14(22(24,25)26)8-15-13(9-28-32-15)17(16)35-20/h7-9,31H,2-3,6H2,1,4-5H3,(H,27,33)(H,28,32)(H,29,30,34)/b12-7+. The van der Waals surface area contributed by atoms with Crippen molar-refractivity contribution in [2.75, 3.05) is 11.9 Å². The predicted molar refractivity (Wildman–Crippen MR) is 126 cm³/mol. The number of anilines is 1. The van der Waals surface area contributed by atoms with Crippen LogP contribution in [0.3, 0.4) is 0 Å². The lowest BCUT2D eigenvalue weighted by molar-refractivity contribution is -0.136. The van der Waals surface area contributed by atoms with Crippen molar-refractivity contribution >= 4 is 49.4 Å². The lowest BCUT2D eigenvalue weighted by Gasteiger charge is -2.26. The first-order valence-corrected chi connectivity index (χ1v) is 11.0. The van der Waals surface area contributed by atoms with Gasteiger partial charge in [0.1, 0.15) is 11.4 Å². The van der Waals surface area contributed by atoms with Gasteiger partial charge in [0, 0.05) is 17.6 Å². The minimum Gasteiger partial charge on any atom is -0.372 e. The maximum atomic E-state index is 13.7. The third-order valence-corrected chi connectivity index (χ3v) is 5.85. The fourth-order valence-corrected chi connectivity index (χ4v) is 4.20. The smallest absolute Gasteiger partial charge is 0.372 e. The number of rotatable bonds is 8. The topological polar surface area (TPSA) is 112 Å². The van der Waals surface area contributed by atoms with E-state index in [-0.39, 0.29) is 38.7 Å². The molecule has 0 spiro atoms. The molecule has 2 aromatic heterocycles. The van der Waals surface area contributed by atoms with Gasteiger partial charge < -0.3 is 10.6 Å². The van der Waals surface area contributed by atoms with Crippen molar-refractivity contribution in [2.24, 2.45) is 0 Å². The van der Waals surface area contributed by atoms with Gasteiger partial charge >= 0.3 is 6.18 Å². The van der Waals surface area contributed by atoms with Gasteiger partial charge in [-0.2, -0.15) is 18.3 Å². The molecule has 4 N–H and O–H groups in total. The maximum absolute atomic E-state index is 13.7. The SMILES string of the molecule is C=C(/C=C(\C(=C)F)C(=O)NCC)NC(C)(C)C(=O)Nc1nc2c(C(F)(F)F)cc3[nH]ncc3c2s1. The molecule has 0 aliphatic rings. The van der Waals surface area contributed by atoms with E-state index in [2.05, 4.69) is 44.3 Å². The van der Waals surface area contributed by atoms with Crippen LogP contribution >= 0.6 is 11.3 Å². The van der Waals surface area contributed by atoms with E-state index in [1.807, 2.05) is 0 Å². The van der Waals surface area contributed by atoms with Crippen molar-refractivity contribution in [1.82, 2.24) is 25.8 Å². The Hall–Kier alpha value is -3.74. The molecule has 3 aromatic rings. The molecule has 0 fully saturated rings. The molecule has 0 radical (unpaired) electrons. The number of benzene rings is 1. The number of fused-ring (bicyclic) bond motifs is 3. The van der Waals surface area contributed by atoms with Crippen LogP contribution in [0.25, 0.3) is 21.1 Å². The third kappa shape index (κ3) is 5.50. The normalized spacial score (nSPS) is 12.6. The molecule has 0 bridgehead atoms. The molecule has 2 amide bonds. The van der Waals surface area contributed by atoms with Crippen LogP contribution in [0.1, 0.15) is 26.3 Å². The Bertz CT molecular complexity index is 1370. The number of nitrogens with zero attached hydrogens (tertiary/aromatic N) is 2. The van der Waals surface area contributed by atoms with Crippen LogP contribution in [0, 0.1) is 0 Å². The van der Waals surface area contributed by atoms with E-state index in [1.54, 1.807) is 6.92 Å². The fraction of sp³-hybridized carbons (Fsp3) is 0.273. The maximum Gasteiger partial charge on any atom is 0.418 e. The van der Waals surface area contributed by atoms with Crippen molar-refractivity contribution < 1.29 is 27.2 Å². The van der Waals surface area contributed by atoms with Crippen molar-refractivity contribution in [3.63, 3.8) is 0 Å². The summed E-state index contributed by atoms with van der Waals surface area (Å²) < 4.78 is 54.7. The van der Waals surface area contributed by atoms with Crippen molar-refractivity contribution in [3.8, 4) is 0 Å². The first-order chi connectivity index (χ1) is 16.2. The number of halogens is 4. The van der Waals surface area contributed by atoms with Gasteiger partial charge in [-0.05, 0) is 32.9 Å².